The van der Waals surface area contributed by atoms with Crippen molar-refractivity contribution in [3.05, 3.63) is 41.7 Å². The molecule has 0 aromatic carbocycles. The number of nitrogens with one attached hydrogen (secondary N) is 1. The topological polar surface area (TPSA) is 92.9 Å². The largest absolute Gasteiger partial charge is 0.388 e. The minimum atomic E-state index is -0.0641. The normalized spacial score (nSPS) is 22.4. The van der Waals surface area contributed by atoms with Gasteiger partial charge >= 0.3 is 0 Å². The SMILES string of the molecule is O=C(CCc1ccncc1)NC1CC(c2nnc(CO)n2C2CC2)C1. The molecular weight excluding hydrogens is 318 g/mol. The van der Waals surface area contributed by atoms with Crippen LogP contribution in [0.4, 0.5) is 0 Å². The van der Waals surface area contributed by atoms with Crippen LogP contribution in [-0.4, -0.2) is 36.8 Å². The Bertz CT molecular complexity index is 735. The summed E-state index contributed by atoms with van der Waals surface area (Å²) in [6, 6.07) is 4.56. The van der Waals surface area contributed by atoms with Crippen molar-refractivity contribution in [2.75, 3.05) is 0 Å². The van der Waals surface area contributed by atoms with E-state index in [2.05, 4.69) is 25.1 Å². The number of aliphatic hydroxyl groups is 1. The number of aryl methyl sites for hydroxylation is 1. The lowest BCUT2D eigenvalue weighted by molar-refractivity contribution is -0.122. The summed E-state index contributed by atoms with van der Waals surface area (Å²) in [7, 11) is 0. The molecule has 1 amide bonds. The summed E-state index contributed by atoms with van der Waals surface area (Å²) in [5.74, 6) is 2.08. The van der Waals surface area contributed by atoms with Crippen molar-refractivity contribution < 1.29 is 9.90 Å². The molecule has 2 aromatic heterocycles. The molecule has 132 valence electrons. The second-order valence-corrected chi connectivity index (χ2v) is 7.02. The summed E-state index contributed by atoms with van der Waals surface area (Å²) >= 11 is 0. The monoisotopic (exact) mass is 341 g/mol. The van der Waals surface area contributed by atoms with Gasteiger partial charge in [0.25, 0.3) is 0 Å². The number of pyridine rings is 1. The van der Waals surface area contributed by atoms with Crippen LogP contribution in [0.2, 0.25) is 0 Å². The number of nitrogens with zero attached hydrogens (tertiary/aromatic N) is 4. The van der Waals surface area contributed by atoms with Crippen LogP contribution in [0.1, 0.15) is 61.3 Å². The van der Waals surface area contributed by atoms with Gasteiger partial charge < -0.3 is 15.0 Å². The zero-order chi connectivity index (χ0) is 17.2. The van der Waals surface area contributed by atoms with Crippen molar-refractivity contribution >= 4 is 5.91 Å². The molecule has 2 saturated carbocycles. The molecule has 0 aliphatic heterocycles. The van der Waals surface area contributed by atoms with Gasteiger partial charge in [-0.25, -0.2) is 0 Å². The van der Waals surface area contributed by atoms with Crippen LogP contribution in [0, 0.1) is 0 Å². The lowest BCUT2D eigenvalue weighted by Crippen LogP contribution is -2.44. The first-order valence-corrected chi connectivity index (χ1v) is 8.97. The second kappa shape index (κ2) is 6.92. The number of aromatic nitrogens is 4. The third kappa shape index (κ3) is 3.56. The van der Waals surface area contributed by atoms with Crippen LogP contribution >= 0.6 is 0 Å². The molecule has 2 fully saturated rings. The Kier molecular flexibility index (Phi) is 4.48. The van der Waals surface area contributed by atoms with Gasteiger partial charge in [0.1, 0.15) is 12.4 Å². The Labute approximate surface area is 146 Å². The van der Waals surface area contributed by atoms with E-state index in [1.165, 1.54) is 0 Å². The molecule has 4 rings (SSSR count). The predicted octanol–water partition coefficient (Wildman–Crippen LogP) is 1.50. The Hall–Kier alpha value is -2.28. The molecule has 0 saturated heterocycles. The van der Waals surface area contributed by atoms with Gasteiger partial charge in [0.2, 0.25) is 5.91 Å². The number of rotatable bonds is 7. The van der Waals surface area contributed by atoms with Crippen LogP contribution in [0.15, 0.2) is 24.5 Å². The van der Waals surface area contributed by atoms with Gasteiger partial charge in [-0.15, -0.1) is 10.2 Å². The van der Waals surface area contributed by atoms with E-state index in [0.29, 0.717) is 24.2 Å². The van der Waals surface area contributed by atoms with Crippen molar-refractivity contribution in [1.29, 1.82) is 0 Å². The van der Waals surface area contributed by atoms with Crippen molar-refractivity contribution in [2.45, 2.75) is 63.1 Å². The van der Waals surface area contributed by atoms with Crippen molar-refractivity contribution in [3.63, 3.8) is 0 Å². The number of aliphatic hydroxyl groups excluding tert-OH is 1. The first kappa shape index (κ1) is 16.2. The maximum atomic E-state index is 12.1. The molecule has 2 N–H and O–H groups in total. The summed E-state index contributed by atoms with van der Waals surface area (Å²) in [5, 5.41) is 20.9. The molecule has 2 aromatic rings. The van der Waals surface area contributed by atoms with E-state index < -0.39 is 0 Å². The van der Waals surface area contributed by atoms with Crippen LogP contribution in [-0.2, 0) is 17.8 Å². The molecule has 0 spiro atoms. The molecule has 0 unspecified atom stereocenters. The van der Waals surface area contributed by atoms with Crippen LogP contribution in [0.5, 0.6) is 0 Å². The quantitative estimate of drug-likeness (QED) is 0.796. The Balaban J connectivity index is 1.26. The van der Waals surface area contributed by atoms with Crippen molar-refractivity contribution in [2.24, 2.45) is 0 Å². The Morgan fingerprint density at radius 2 is 2.00 bits per heavy atom. The van der Waals surface area contributed by atoms with Gasteiger partial charge in [-0.3, -0.25) is 9.78 Å². The fourth-order valence-corrected chi connectivity index (χ4v) is 3.51. The van der Waals surface area contributed by atoms with Gasteiger partial charge in [-0.05, 0) is 49.8 Å². The first-order valence-electron chi connectivity index (χ1n) is 8.97. The Morgan fingerprint density at radius 1 is 1.24 bits per heavy atom. The second-order valence-electron chi connectivity index (χ2n) is 7.02. The van der Waals surface area contributed by atoms with Gasteiger partial charge in [0, 0.05) is 36.8 Å². The highest BCUT2D eigenvalue weighted by Gasteiger charge is 2.38. The zero-order valence-electron chi connectivity index (χ0n) is 14.1. The minimum Gasteiger partial charge on any atom is -0.388 e. The van der Waals surface area contributed by atoms with Gasteiger partial charge in [0.15, 0.2) is 5.82 Å². The van der Waals surface area contributed by atoms with Crippen LogP contribution < -0.4 is 5.32 Å². The molecular formula is C18H23N5O2. The van der Waals surface area contributed by atoms with E-state index in [4.69, 9.17) is 0 Å². The van der Waals surface area contributed by atoms with E-state index in [0.717, 1.165) is 43.5 Å². The number of hydrogen-bond acceptors (Lipinski definition) is 5. The predicted molar refractivity (Wildman–Crippen MR) is 90.7 cm³/mol. The number of amides is 1. The maximum Gasteiger partial charge on any atom is 0.220 e. The number of hydrogen-bond donors (Lipinski definition) is 2. The maximum absolute atomic E-state index is 12.1. The standard InChI is InChI=1S/C18H23N5O2/c24-11-16-21-22-18(23(16)15-2-3-15)13-9-14(10-13)20-17(25)4-1-12-5-7-19-8-6-12/h5-8,13-15,24H,1-4,9-11H2,(H,20,25). The van der Waals surface area contributed by atoms with E-state index in [-0.39, 0.29) is 18.6 Å². The molecule has 0 atom stereocenters. The summed E-state index contributed by atoms with van der Waals surface area (Å²) in [6.07, 6.45) is 8.81. The third-order valence-corrected chi connectivity index (χ3v) is 5.10. The van der Waals surface area contributed by atoms with Crippen LogP contribution in [0.3, 0.4) is 0 Å². The average Bonchev–Trinajstić information content (AvgIpc) is 3.36. The lowest BCUT2D eigenvalue weighted by atomic mass is 9.79. The minimum absolute atomic E-state index is 0.0641. The van der Waals surface area contributed by atoms with Gasteiger partial charge in [-0.2, -0.15) is 0 Å². The van der Waals surface area contributed by atoms with E-state index in [1.807, 2.05) is 12.1 Å². The number of carbonyl (C=O) groups is 1. The van der Waals surface area contributed by atoms with E-state index in [1.54, 1.807) is 12.4 Å². The molecule has 0 bridgehead atoms. The molecule has 2 heterocycles. The fraction of sp³-hybridized carbons (Fsp3) is 0.556. The summed E-state index contributed by atoms with van der Waals surface area (Å²) < 4.78 is 2.12. The number of carbonyl (C=O) groups excluding carboxylic acids is 1. The molecule has 0 radical (unpaired) electrons. The highest BCUT2D eigenvalue weighted by atomic mass is 16.3. The van der Waals surface area contributed by atoms with Gasteiger partial charge in [-0.1, -0.05) is 0 Å². The Morgan fingerprint density at radius 3 is 2.68 bits per heavy atom. The molecule has 2 aliphatic carbocycles. The van der Waals surface area contributed by atoms with Crippen LogP contribution in [0.25, 0.3) is 0 Å². The third-order valence-electron chi connectivity index (χ3n) is 5.10. The molecule has 7 heteroatoms. The lowest BCUT2D eigenvalue weighted by Gasteiger charge is -2.35. The fourth-order valence-electron chi connectivity index (χ4n) is 3.51. The first-order chi connectivity index (χ1) is 12.2. The van der Waals surface area contributed by atoms with Crippen molar-refractivity contribution in [3.8, 4) is 0 Å². The summed E-state index contributed by atoms with van der Waals surface area (Å²) in [4.78, 5) is 16.1. The summed E-state index contributed by atoms with van der Waals surface area (Å²) in [5.41, 5.74) is 1.13. The molecule has 2 aliphatic rings. The zero-order valence-corrected chi connectivity index (χ0v) is 14.1. The average molecular weight is 341 g/mol. The highest BCUT2D eigenvalue weighted by molar-refractivity contribution is 5.76. The highest BCUT2D eigenvalue weighted by Crippen LogP contribution is 2.42. The molecule has 25 heavy (non-hydrogen) atoms. The van der Waals surface area contributed by atoms with Gasteiger partial charge in [0.05, 0.1) is 0 Å². The van der Waals surface area contributed by atoms with Crippen molar-refractivity contribution in [1.82, 2.24) is 25.1 Å². The summed E-state index contributed by atoms with van der Waals surface area (Å²) in [6.45, 7) is -0.0641. The van der Waals surface area contributed by atoms with E-state index in [9.17, 15) is 9.90 Å². The van der Waals surface area contributed by atoms with E-state index >= 15 is 0 Å². The smallest absolute Gasteiger partial charge is 0.220 e. The molecule has 7 nitrogen and oxygen atoms in total.